The summed E-state index contributed by atoms with van der Waals surface area (Å²) in [6.07, 6.45) is 3.23. The Hall–Kier alpha value is -2.22. The fourth-order valence-corrected chi connectivity index (χ4v) is 2.08. The molecule has 90 valence electrons. The van der Waals surface area contributed by atoms with Crippen LogP contribution in [0.3, 0.4) is 0 Å². The second kappa shape index (κ2) is 4.96. The van der Waals surface area contributed by atoms with Crippen LogP contribution in [-0.4, -0.2) is 11.6 Å². The normalized spacial score (nSPS) is 11.0. The number of Topliss-reactive ketones (excluding diaryl/α,β-unsaturated/α-hetero) is 1. The Morgan fingerprint density at radius 2 is 1.61 bits per heavy atom. The first kappa shape index (κ1) is 12.2. The van der Waals surface area contributed by atoms with E-state index in [0.29, 0.717) is 11.1 Å². The molecule has 0 atom stereocenters. The molecule has 0 radical (unpaired) electrons. The Bertz CT molecular complexity index is 646. The van der Waals surface area contributed by atoms with E-state index >= 15 is 0 Å². The van der Waals surface area contributed by atoms with E-state index in [9.17, 15) is 9.59 Å². The van der Waals surface area contributed by atoms with Crippen LogP contribution >= 0.6 is 0 Å². The third-order valence-corrected chi connectivity index (χ3v) is 2.87. The Morgan fingerprint density at radius 3 is 2.17 bits per heavy atom. The van der Waals surface area contributed by atoms with Crippen molar-refractivity contribution in [3.63, 3.8) is 0 Å². The second-order valence-electron chi connectivity index (χ2n) is 4.13. The van der Waals surface area contributed by atoms with Gasteiger partial charge < -0.3 is 0 Å². The van der Waals surface area contributed by atoms with Gasteiger partial charge in [0.05, 0.1) is 0 Å². The molecule has 2 heteroatoms. The molecule has 0 spiro atoms. The molecule has 0 fully saturated rings. The Labute approximate surface area is 106 Å². The molecule has 2 nitrogen and oxygen atoms in total. The lowest BCUT2D eigenvalue weighted by Gasteiger charge is -2.07. The molecule has 0 saturated heterocycles. The zero-order valence-corrected chi connectivity index (χ0v) is 10.4. The van der Waals surface area contributed by atoms with Gasteiger partial charge in [0.2, 0.25) is 0 Å². The first-order valence-corrected chi connectivity index (χ1v) is 5.85. The van der Waals surface area contributed by atoms with Gasteiger partial charge in [-0.1, -0.05) is 42.5 Å². The Balaban J connectivity index is 2.82. The number of hydrogen-bond acceptors (Lipinski definition) is 2. The molecular weight excluding hydrogens is 224 g/mol. The van der Waals surface area contributed by atoms with E-state index in [-0.39, 0.29) is 11.6 Å². The quantitative estimate of drug-likeness (QED) is 0.602. The van der Waals surface area contributed by atoms with Gasteiger partial charge in [-0.25, -0.2) is 0 Å². The van der Waals surface area contributed by atoms with Gasteiger partial charge in [0.15, 0.2) is 11.6 Å². The van der Waals surface area contributed by atoms with Crippen molar-refractivity contribution < 1.29 is 9.59 Å². The van der Waals surface area contributed by atoms with Crippen molar-refractivity contribution in [2.24, 2.45) is 0 Å². The van der Waals surface area contributed by atoms with Gasteiger partial charge in [-0.3, -0.25) is 9.59 Å². The highest BCUT2D eigenvalue weighted by atomic mass is 16.1. The minimum atomic E-state index is -0.0724. The number of carbonyl (C=O) groups is 2. The van der Waals surface area contributed by atoms with Crippen molar-refractivity contribution >= 4 is 22.3 Å². The van der Waals surface area contributed by atoms with E-state index in [1.807, 2.05) is 24.3 Å². The number of allylic oxidation sites excluding steroid dienone is 2. The van der Waals surface area contributed by atoms with Crippen LogP contribution in [0.2, 0.25) is 0 Å². The summed E-state index contributed by atoms with van der Waals surface area (Å²) in [6.45, 7) is 3.32. The topological polar surface area (TPSA) is 34.1 Å². The van der Waals surface area contributed by atoms with Crippen molar-refractivity contribution in [2.45, 2.75) is 13.8 Å². The molecule has 0 aliphatic carbocycles. The first-order valence-electron chi connectivity index (χ1n) is 5.85. The molecule has 0 aliphatic rings. The average Bonchev–Trinajstić information content (AvgIpc) is 2.37. The number of fused-ring (bicyclic) bond motifs is 1. The SMILES string of the molecule is C/C=C/C(=O)c1cccc2cccc(C(C)=O)c12. The summed E-state index contributed by atoms with van der Waals surface area (Å²) in [5, 5.41) is 1.66. The molecule has 0 N–H and O–H groups in total. The molecule has 0 saturated carbocycles. The zero-order chi connectivity index (χ0) is 13.1. The van der Waals surface area contributed by atoms with Crippen LogP contribution in [0.5, 0.6) is 0 Å². The van der Waals surface area contributed by atoms with Crippen LogP contribution in [-0.2, 0) is 0 Å². The molecule has 0 aliphatic heterocycles. The maximum atomic E-state index is 12.0. The smallest absolute Gasteiger partial charge is 0.186 e. The molecule has 0 heterocycles. The van der Waals surface area contributed by atoms with Crippen molar-refractivity contribution in [1.82, 2.24) is 0 Å². The third kappa shape index (κ3) is 2.09. The van der Waals surface area contributed by atoms with Gasteiger partial charge in [0.1, 0.15) is 0 Å². The van der Waals surface area contributed by atoms with Crippen LogP contribution in [0.25, 0.3) is 10.8 Å². The highest BCUT2D eigenvalue weighted by molar-refractivity contribution is 6.19. The van der Waals surface area contributed by atoms with E-state index in [1.165, 1.54) is 13.0 Å². The fraction of sp³-hybridized carbons (Fsp3) is 0.125. The average molecular weight is 238 g/mol. The summed E-state index contributed by atoms with van der Waals surface area (Å²) < 4.78 is 0. The van der Waals surface area contributed by atoms with Crippen molar-refractivity contribution in [1.29, 1.82) is 0 Å². The van der Waals surface area contributed by atoms with Crippen LogP contribution < -0.4 is 0 Å². The number of ketones is 2. The van der Waals surface area contributed by atoms with Crippen molar-refractivity contribution in [2.75, 3.05) is 0 Å². The van der Waals surface area contributed by atoms with E-state index < -0.39 is 0 Å². The summed E-state index contributed by atoms with van der Waals surface area (Å²) in [6, 6.07) is 11.0. The van der Waals surface area contributed by atoms with Crippen LogP contribution in [0.15, 0.2) is 48.6 Å². The maximum Gasteiger partial charge on any atom is 0.186 e. The standard InChI is InChI=1S/C16H14O2/c1-3-6-15(18)14-10-5-8-12-7-4-9-13(11(2)17)16(12)14/h3-10H,1-2H3/b6-3+. The van der Waals surface area contributed by atoms with Gasteiger partial charge in [-0.2, -0.15) is 0 Å². The number of rotatable bonds is 3. The van der Waals surface area contributed by atoms with Crippen molar-refractivity contribution in [3.8, 4) is 0 Å². The molecular formula is C16H14O2. The van der Waals surface area contributed by atoms with Gasteiger partial charge in [-0.15, -0.1) is 0 Å². The molecule has 2 rings (SSSR count). The molecule has 0 bridgehead atoms. The molecule has 0 aromatic heterocycles. The van der Waals surface area contributed by atoms with E-state index in [4.69, 9.17) is 0 Å². The summed E-state index contributed by atoms with van der Waals surface area (Å²) in [5.41, 5.74) is 1.18. The van der Waals surface area contributed by atoms with Crippen LogP contribution in [0.4, 0.5) is 0 Å². The highest BCUT2D eigenvalue weighted by Crippen LogP contribution is 2.24. The predicted molar refractivity (Wildman–Crippen MR) is 73.1 cm³/mol. The lowest BCUT2D eigenvalue weighted by molar-refractivity contribution is 0.101. The van der Waals surface area contributed by atoms with Gasteiger partial charge >= 0.3 is 0 Å². The lowest BCUT2D eigenvalue weighted by Crippen LogP contribution is -2.01. The molecule has 18 heavy (non-hydrogen) atoms. The van der Waals surface area contributed by atoms with Crippen LogP contribution in [0, 0.1) is 0 Å². The van der Waals surface area contributed by atoms with Crippen molar-refractivity contribution in [3.05, 3.63) is 59.7 Å². The molecule has 0 unspecified atom stereocenters. The summed E-state index contributed by atoms with van der Waals surface area (Å²) in [7, 11) is 0. The lowest BCUT2D eigenvalue weighted by atomic mass is 9.95. The minimum absolute atomic E-state index is 0.0265. The van der Waals surface area contributed by atoms with Gasteiger partial charge in [-0.05, 0) is 25.3 Å². The first-order chi connectivity index (χ1) is 8.65. The summed E-state index contributed by atoms with van der Waals surface area (Å²) in [4.78, 5) is 23.7. The Kier molecular flexibility index (Phi) is 3.38. The number of benzene rings is 2. The summed E-state index contributed by atoms with van der Waals surface area (Å²) >= 11 is 0. The van der Waals surface area contributed by atoms with E-state index in [1.54, 1.807) is 25.1 Å². The third-order valence-electron chi connectivity index (χ3n) is 2.87. The van der Waals surface area contributed by atoms with Gasteiger partial charge in [0, 0.05) is 16.5 Å². The minimum Gasteiger partial charge on any atom is -0.294 e. The molecule has 2 aromatic rings. The van der Waals surface area contributed by atoms with Gasteiger partial charge in [0.25, 0.3) is 0 Å². The highest BCUT2D eigenvalue weighted by Gasteiger charge is 2.12. The van der Waals surface area contributed by atoms with E-state index in [2.05, 4.69) is 0 Å². The zero-order valence-electron chi connectivity index (χ0n) is 10.4. The second-order valence-corrected chi connectivity index (χ2v) is 4.13. The maximum absolute atomic E-state index is 12.0. The largest absolute Gasteiger partial charge is 0.294 e. The Morgan fingerprint density at radius 1 is 1.00 bits per heavy atom. The predicted octanol–water partition coefficient (Wildman–Crippen LogP) is 3.80. The molecule has 0 amide bonds. The van der Waals surface area contributed by atoms with E-state index in [0.717, 1.165) is 10.8 Å². The molecule has 2 aromatic carbocycles. The number of carbonyl (C=O) groups excluding carboxylic acids is 2. The van der Waals surface area contributed by atoms with Crippen LogP contribution in [0.1, 0.15) is 34.6 Å². The monoisotopic (exact) mass is 238 g/mol. The fourth-order valence-electron chi connectivity index (χ4n) is 2.08. The summed E-state index contributed by atoms with van der Waals surface area (Å²) in [5.74, 6) is -0.0990. The number of hydrogen-bond donors (Lipinski definition) is 0.